The van der Waals surface area contributed by atoms with Gasteiger partial charge in [-0.3, -0.25) is 14.7 Å². The SMILES string of the molecule is O=C(CN1[C@H]2CC[C@H]1CC(O)(c1ccccn1)C2)N1CCCCCC1. The molecule has 5 heteroatoms. The average Bonchev–Trinajstić information content (AvgIpc) is 2.85. The Hall–Kier alpha value is -1.46. The number of carbonyl (C=O) groups is 1. The number of piperidine rings is 1. The Labute approximate surface area is 150 Å². The van der Waals surface area contributed by atoms with E-state index in [9.17, 15) is 9.90 Å². The first-order valence-corrected chi connectivity index (χ1v) is 9.83. The van der Waals surface area contributed by atoms with E-state index in [1.165, 1.54) is 12.8 Å². The summed E-state index contributed by atoms with van der Waals surface area (Å²) in [6.45, 7) is 2.35. The Kier molecular flexibility index (Phi) is 4.78. The van der Waals surface area contributed by atoms with E-state index in [1.54, 1.807) is 6.20 Å². The van der Waals surface area contributed by atoms with Gasteiger partial charge in [-0.05, 0) is 50.7 Å². The third-order valence-electron chi connectivity index (χ3n) is 6.34. The topological polar surface area (TPSA) is 56.7 Å². The molecule has 0 saturated carbocycles. The van der Waals surface area contributed by atoms with Crippen LogP contribution in [0, 0.1) is 0 Å². The number of hydrogen-bond acceptors (Lipinski definition) is 4. The van der Waals surface area contributed by atoms with Crippen molar-refractivity contribution in [2.45, 2.75) is 69.1 Å². The zero-order valence-electron chi connectivity index (χ0n) is 14.9. The summed E-state index contributed by atoms with van der Waals surface area (Å²) in [4.78, 5) is 21.6. The molecule has 2 bridgehead atoms. The molecule has 25 heavy (non-hydrogen) atoms. The molecule has 3 aliphatic heterocycles. The minimum absolute atomic E-state index is 0.280. The van der Waals surface area contributed by atoms with Crippen molar-refractivity contribution in [3.05, 3.63) is 30.1 Å². The van der Waals surface area contributed by atoms with Crippen LogP contribution < -0.4 is 0 Å². The first kappa shape index (κ1) is 17.0. The summed E-state index contributed by atoms with van der Waals surface area (Å²) in [6.07, 6.45) is 10.0. The molecule has 1 amide bonds. The molecular formula is C20H29N3O2. The van der Waals surface area contributed by atoms with Crippen molar-refractivity contribution in [2.75, 3.05) is 19.6 Å². The molecule has 3 saturated heterocycles. The normalized spacial score (nSPS) is 33.2. The summed E-state index contributed by atoms with van der Waals surface area (Å²) in [5.41, 5.74) is -0.0553. The van der Waals surface area contributed by atoms with Crippen LogP contribution in [0.5, 0.6) is 0 Å². The number of likely N-dealkylation sites (tertiary alicyclic amines) is 1. The number of aromatic nitrogens is 1. The second-order valence-corrected chi connectivity index (χ2v) is 8.01. The number of fused-ring (bicyclic) bond motifs is 2. The van der Waals surface area contributed by atoms with Crippen LogP contribution in [0.1, 0.15) is 57.1 Å². The molecule has 0 aromatic carbocycles. The lowest BCUT2D eigenvalue weighted by molar-refractivity contribution is -0.136. The average molecular weight is 343 g/mol. The molecule has 4 rings (SSSR count). The molecule has 1 aromatic heterocycles. The largest absolute Gasteiger partial charge is 0.383 e. The summed E-state index contributed by atoms with van der Waals surface area (Å²) in [5, 5.41) is 11.2. The van der Waals surface area contributed by atoms with E-state index in [0.717, 1.165) is 44.5 Å². The van der Waals surface area contributed by atoms with Crippen LogP contribution in [0.15, 0.2) is 24.4 Å². The molecule has 0 spiro atoms. The van der Waals surface area contributed by atoms with Crippen molar-refractivity contribution in [3.8, 4) is 0 Å². The van der Waals surface area contributed by atoms with Crippen LogP contribution in [-0.2, 0) is 10.4 Å². The number of rotatable bonds is 3. The summed E-state index contributed by atoms with van der Waals surface area (Å²) in [5.74, 6) is 0.280. The summed E-state index contributed by atoms with van der Waals surface area (Å²) in [6, 6.07) is 6.34. The molecular weight excluding hydrogens is 314 g/mol. The van der Waals surface area contributed by atoms with Gasteiger partial charge >= 0.3 is 0 Å². The van der Waals surface area contributed by atoms with Crippen molar-refractivity contribution in [1.29, 1.82) is 0 Å². The zero-order valence-corrected chi connectivity index (χ0v) is 14.9. The second kappa shape index (κ2) is 7.04. The van der Waals surface area contributed by atoms with E-state index in [1.807, 2.05) is 18.2 Å². The van der Waals surface area contributed by atoms with Gasteiger partial charge in [-0.2, -0.15) is 0 Å². The van der Waals surface area contributed by atoms with Crippen molar-refractivity contribution in [2.24, 2.45) is 0 Å². The van der Waals surface area contributed by atoms with Gasteiger partial charge in [0.25, 0.3) is 0 Å². The Morgan fingerprint density at radius 3 is 2.40 bits per heavy atom. The van der Waals surface area contributed by atoms with E-state index in [2.05, 4.69) is 14.8 Å². The smallest absolute Gasteiger partial charge is 0.236 e. The molecule has 1 aromatic rings. The highest BCUT2D eigenvalue weighted by atomic mass is 16.3. The van der Waals surface area contributed by atoms with E-state index in [4.69, 9.17) is 0 Å². The number of hydrogen-bond donors (Lipinski definition) is 1. The summed E-state index contributed by atoms with van der Waals surface area (Å²) < 4.78 is 0. The third-order valence-corrected chi connectivity index (χ3v) is 6.34. The van der Waals surface area contributed by atoms with Gasteiger partial charge in [0.2, 0.25) is 5.91 Å². The summed E-state index contributed by atoms with van der Waals surface area (Å²) >= 11 is 0. The highest BCUT2D eigenvalue weighted by Crippen LogP contribution is 2.45. The molecule has 5 nitrogen and oxygen atoms in total. The van der Waals surface area contributed by atoms with Crippen LogP contribution in [0.3, 0.4) is 0 Å². The van der Waals surface area contributed by atoms with Crippen LogP contribution in [0.25, 0.3) is 0 Å². The minimum atomic E-state index is -0.838. The second-order valence-electron chi connectivity index (χ2n) is 8.01. The lowest BCUT2D eigenvalue weighted by atomic mass is 9.83. The van der Waals surface area contributed by atoms with Crippen LogP contribution in [0.2, 0.25) is 0 Å². The zero-order chi connectivity index (χ0) is 17.3. The first-order chi connectivity index (χ1) is 12.2. The van der Waals surface area contributed by atoms with Gasteiger partial charge in [-0.15, -0.1) is 0 Å². The van der Waals surface area contributed by atoms with Crippen molar-refractivity contribution in [1.82, 2.24) is 14.8 Å². The molecule has 1 N–H and O–H groups in total. The maximum Gasteiger partial charge on any atom is 0.236 e. The highest BCUT2D eigenvalue weighted by Gasteiger charge is 2.49. The maximum atomic E-state index is 12.8. The maximum absolute atomic E-state index is 12.8. The lowest BCUT2D eigenvalue weighted by Crippen LogP contribution is -2.53. The first-order valence-electron chi connectivity index (χ1n) is 9.83. The van der Waals surface area contributed by atoms with Gasteiger partial charge in [0.15, 0.2) is 0 Å². The monoisotopic (exact) mass is 343 g/mol. The van der Waals surface area contributed by atoms with Crippen molar-refractivity contribution in [3.63, 3.8) is 0 Å². The third kappa shape index (κ3) is 3.44. The molecule has 2 atom stereocenters. The van der Waals surface area contributed by atoms with Gasteiger partial charge in [0, 0.05) is 31.4 Å². The molecule has 0 unspecified atom stereocenters. The molecule has 4 heterocycles. The fourth-order valence-electron chi connectivity index (χ4n) is 5.00. The molecule has 0 radical (unpaired) electrons. The van der Waals surface area contributed by atoms with Gasteiger partial charge in [-0.1, -0.05) is 18.9 Å². The van der Waals surface area contributed by atoms with E-state index >= 15 is 0 Å². The predicted octanol–water partition coefficient (Wildman–Crippen LogP) is 2.30. The number of aliphatic hydroxyl groups is 1. The Morgan fingerprint density at radius 1 is 1.12 bits per heavy atom. The van der Waals surface area contributed by atoms with Crippen LogP contribution >= 0.6 is 0 Å². The Bertz CT molecular complexity index is 584. The van der Waals surface area contributed by atoms with Gasteiger partial charge < -0.3 is 10.0 Å². The van der Waals surface area contributed by atoms with Gasteiger partial charge in [-0.25, -0.2) is 0 Å². The molecule has 3 aliphatic rings. The van der Waals surface area contributed by atoms with E-state index in [0.29, 0.717) is 31.5 Å². The van der Waals surface area contributed by atoms with E-state index < -0.39 is 5.60 Å². The van der Waals surface area contributed by atoms with Crippen LogP contribution in [-0.4, -0.2) is 57.5 Å². The summed E-state index contributed by atoms with van der Waals surface area (Å²) in [7, 11) is 0. The lowest BCUT2D eigenvalue weighted by Gasteiger charge is -2.43. The van der Waals surface area contributed by atoms with Gasteiger partial charge in [0.1, 0.15) is 5.60 Å². The van der Waals surface area contributed by atoms with Crippen LogP contribution in [0.4, 0.5) is 0 Å². The Morgan fingerprint density at radius 2 is 1.80 bits per heavy atom. The number of pyridine rings is 1. The number of nitrogens with zero attached hydrogens (tertiary/aromatic N) is 3. The van der Waals surface area contributed by atoms with E-state index in [-0.39, 0.29) is 5.91 Å². The van der Waals surface area contributed by atoms with Gasteiger partial charge in [0.05, 0.1) is 12.2 Å². The fourth-order valence-corrected chi connectivity index (χ4v) is 5.00. The Balaban J connectivity index is 1.43. The number of carbonyl (C=O) groups excluding carboxylic acids is 1. The van der Waals surface area contributed by atoms with Crippen molar-refractivity contribution < 1.29 is 9.90 Å². The standard InChI is InChI=1S/C20H29N3O2/c24-19(22-11-5-1-2-6-12-22)15-23-16-8-9-17(23)14-20(25,13-16)18-7-3-4-10-21-18/h3-4,7,10,16-17,25H,1-2,5-6,8-9,11-15H2/t16-,17-/m0/s1. The molecule has 0 aliphatic carbocycles. The van der Waals surface area contributed by atoms with Crippen molar-refractivity contribution >= 4 is 5.91 Å². The predicted molar refractivity (Wildman–Crippen MR) is 95.9 cm³/mol. The minimum Gasteiger partial charge on any atom is -0.383 e. The fraction of sp³-hybridized carbons (Fsp3) is 0.700. The quantitative estimate of drug-likeness (QED) is 0.915. The molecule has 136 valence electrons. The highest BCUT2D eigenvalue weighted by molar-refractivity contribution is 5.78. The molecule has 3 fully saturated rings. The number of amides is 1.